The van der Waals surface area contributed by atoms with E-state index in [1.54, 1.807) is 11.5 Å². The molecule has 0 N–H and O–H groups in total. The number of aromatic nitrogens is 1. The van der Waals surface area contributed by atoms with E-state index in [1.807, 2.05) is 66.7 Å². The molecule has 1 atom stereocenters. The van der Waals surface area contributed by atoms with Crippen LogP contribution in [0.3, 0.4) is 0 Å². The number of fused-ring (bicyclic) bond motifs is 1. The number of ether oxygens (including phenoxy) is 1. The van der Waals surface area contributed by atoms with Crippen LogP contribution in [0.4, 0.5) is 5.69 Å². The number of benzene rings is 3. The number of nitrogens with zero attached hydrogens (tertiary/aromatic N) is 3. The minimum atomic E-state index is -0.659. The van der Waals surface area contributed by atoms with Gasteiger partial charge in [0.25, 0.3) is 5.56 Å². The van der Waals surface area contributed by atoms with Crippen molar-refractivity contribution < 1.29 is 9.53 Å². The highest BCUT2D eigenvalue weighted by atomic mass is 32.1. The van der Waals surface area contributed by atoms with E-state index in [4.69, 9.17) is 9.73 Å². The van der Waals surface area contributed by atoms with Crippen LogP contribution in [0.2, 0.25) is 0 Å². The molecule has 0 spiro atoms. The average molecular weight is 550 g/mol. The third kappa shape index (κ3) is 4.82. The van der Waals surface area contributed by atoms with Gasteiger partial charge in [0.05, 0.1) is 28.5 Å². The Labute approximate surface area is 237 Å². The number of rotatable bonds is 6. The van der Waals surface area contributed by atoms with Crippen molar-refractivity contribution in [3.63, 3.8) is 0 Å². The van der Waals surface area contributed by atoms with E-state index in [1.165, 1.54) is 35.4 Å². The van der Waals surface area contributed by atoms with Crippen molar-refractivity contribution in [1.29, 1.82) is 0 Å². The van der Waals surface area contributed by atoms with Crippen LogP contribution in [0, 0.1) is 6.92 Å². The average Bonchev–Trinajstić information content (AvgIpc) is 3.62. The Morgan fingerprint density at radius 1 is 1.02 bits per heavy atom. The lowest BCUT2D eigenvalue weighted by Gasteiger charge is -2.25. The van der Waals surface area contributed by atoms with E-state index < -0.39 is 12.0 Å². The van der Waals surface area contributed by atoms with Gasteiger partial charge in [-0.2, -0.15) is 0 Å². The molecule has 40 heavy (non-hydrogen) atoms. The summed E-state index contributed by atoms with van der Waals surface area (Å²) < 4.78 is 7.75. The fourth-order valence-electron chi connectivity index (χ4n) is 5.62. The molecule has 0 aliphatic carbocycles. The molecule has 6 rings (SSSR count). The maximum Gasteiger partial charge on any atom is 0.338 e. The molecule has 7 heteroatoms. The third-order valence-electron chi connectivity index (χ3n) is 7.45. The zero-order valence-electron chi connectivity index (χ0n) is 22.7. The molecule has 1 saturated heterocycles. The van der Waals surface area contributed by atoms with Gasteiger partial charge >= 0.3 is 5.97 Å². The van der Waals surface area contributed by atoms with Gasteiger partial charge < -0.3 is 9.64 Å². The standard InChI is InChI=1S/C33H31N3O3S/c1-3-39-32(38)28-29(24-12-6-4-7-13-24)34-33-36(30(28)25-14-8-5-9-15-25)31(37)27(40-33)21-23-16-17-26(22(2)20-23)35-18-10-11-19-35/h4-9,12-17,20-21,30H,3,10-11,18-19H2,1-2H3/b27-21+/t30-/m1/s1. The first-order valence-corrected chi connectivity index (χ1v) is 14.6. The zero-order valence-corrected chi connectivity index (χ0v) is 23.5. The number of carbonyl (C=O) groups is 1. The molecule has 2 aliphatic heterocycles. The summed E-state index contributed by atoms with van der Waals surface area (Å²) in [5.74, 6) is -0.471. The molecule has 0 bridgehead atoms. The minimum absolute atomic E-state index is 0.173. The number of anilines is 1. The van der Waals surface area contributed by atoms with E-state index in [0.29, 0.717) is 20.6 Å². The van der Waals surface area contributed by atoms with Gasteiger partial charge in [0.15, 0.2) is 4.80 Å². The maximum atomic E-state index is 14.0. The lowest BCUT2D eigenvalue weighted by molar-refractivity contribution is -0.138. The quantitative estimate of drug-likeness (QED) is 0.323. The number of esters is 1. The van der Waals surface area contributed by atoms with Gasteiger partial charge in [-0.15, -0.1) is 0 Å². The summed E-state index contributed by atoms with van der Waals surface area (Å²) in [6.07, 6.45) is 4.39. The molecule has 1 aromatic heterocycles. The molecule has 0 unspecified atom stereocenters. The Hall–Kier alpha value is -4.23. The Bertz CT molecular complexity index is 1770. The molecule has 0 radical (unpaired) electrons. The molecule has 3 heterocycles. The van der Waals surface area contributed by atoms with Crippen LogP contribution in [0.1, 0.15) is 48.1 Å². The minimum Gasteiger partial charge on any atom is -0.463 e. The summed E-state index contributed by atoms with van der Waals surface area (Å²) >= 11 is 1.35. The molecule has 6 nitrogen and oxygen atoms in total. The van der Waals surface area contributed by atoms with Crippen LogP contribution in [0.25, 0.3) is 11.8 Å². The molecular formula is C33H31N3O3S. The maximum absolute atomic E-state index is 14.0. The zero-order chi connectivity index (χ0) is 27.6. The number of hydrogen-bond acceptors (Lipinski definition) is 6. The SMILES string of the molecule is CCOC(=O)C1=C(c2ccccc2)N=c2s/c(=C/c3ccc(N4CCCC4)c(C)c3)c(=O)n2[C@@H]1c1ccccc1. The van der Waals surface area contributed by atoms with Crippen LogP contribution in [0.15, 0.2) is 94.2 Å². The molecular weight excluding hydrogens is 518 g/mol. The van der Waals surface area contributed by atoms with E-state index in [9.17, 15) is 9.59 Å². The summed E-state index contributed by atoms with van der Waals surface area (Å²) in [6.45, 7) is 6.31. The van der Waals surface area contributed by atoms with Gasteiger partial charge in [-0.3, -0.25) is 9.36 Å². The number of carbonyl (C=O) groups excluding carboxylic acids is 1. The van der Waals surface area contributed by atoms with Gasteiger partial charge in [0.2, 0.25) is 0 Å². The monoisotopic (exact) mass is 549 g/mol. The summed E-state index contributed by atoms with van der Waals surface area (Å²) in [7, 11) is 0. The fourth-order valence-corrected chi connectivity index (χ4v) is 6.62. The predicted octanol–water partition coefficient (Wildman–Crippen LogP) is 4.84. The smallest absolute Gasteiger partial charge is 0.338 e. The first-order valence-electron chi connectivity index (χ1n) is 13.7. The highest BCUT2D eigenvalue weighted by Gasteiger charge is 2.35. The highest BCUT2D eigenvalue weighted by Crippen LogP contribution is 2.35. The van der Waals surface area contributed by atoms with Crippen molar-refractivity contribution in [3.8, 4) is 0 Å². The Morgan fingerprint density at radius 3 is 2.40 bits per heavy atom. The van der Waals surface area contributed by atoms with Gasteiger partial charge in [-0.1, -0.05) is 78.1 Å². The number of hydrogen-bond donors (Lipinski definition) is 0. The Kier molecular flexibility index (Phi) is 7.22. The number of thiazole rings is 1. The lowest BCUT2D eigenvalue weighted by Crippen LogP contribution is -2.40. The topological polar surface area (TPSA) is 63.9 Å². The van der Waals surface area contributed by atoms with Crippen molar-refractivity contribution >= 4 is 34.8 Å². The fraction of sp³-hybridized carbons (Fsp3) is 0.242. The molecule has 0 amide bonds. The summed E-state index contributed by atoms with van der Waals surface area (Å²) in [5.41, 5.74) is 5.77. The highest BCUT2D eigenvalue weighted by molar-refractivity contribution is 7.07. The molecule has 2 aliphatic rings. The lowest BCUT2D eigenvalue weighted by atomic mass is 9.93. The Balaban J connectivity index is 1.55. The normalized spacial score (nSPS) is 17.1. The second-order valence-electron chi connectivity index (χ2n) is 10.1. The summed E-state index contributed by atoms with van der Waals surface area (Å²) in [6, 6.07) is 25.0. The van der Waals surface area contributed by atoms with Crippen molar-refractivity contribution in [1.82, 2.24) is 4.57 Å². The van der Waals surface area contributed by atoms with Gasteiger partial charge in [0.1, 0.15) is 0 Å². The molecule has 0 saturated carbocycles. The first-order chi connectivity index (χ1) is 19.5. The van der Waals surface area contributed by atoms with Crippen LogP contribution >= 0.6 is 11.3 Å². The van der Waals surface area contributed by atoms with Crippen LogP contribution < -0.4 is 19.8 Å². The predicted molar refractivity (Wildman–Crippen MR) is 160 cm³/mol. The second-order valence-corrected chi connectivity index (χ2v) is 11.1. The van der Waals surface area contributed by atoms with Crippen molar-refractivity contribution in [2.75, 3.05) is 24.6 Å². The molecule has 202 valence electrons. The summed E-state index contributed by atoms with van der Waals surface area (Å²) in [5, 5.41) is 0. The van der Waals surface area contributed by atoms with E-state index >= 15 is 0 Å². The molecule has 3 aromatic carbocycles. The summed E-state index contributed by atoms with van der Waals surface area (Å²) in [4.78, 5) is 35.4. The largest absolute Gasteiger partial charge is 0.463 e. The van der Waals surface area contributed by atoms with Crippen LogP contribution in [-0.4, -0.2) is 30.2 Å². The van der Waals surface area contributed by atoms with Gasteiger partial charge in [-0.25, -0.2) is 9.79 Å². The van der Waals surface area contributed by atoms with Crippen molar-refractivity contribution in [2.24, 2.45) is 4.99 Å². The van der Waals surface area contributed by atoms with E-state index in [2.05, 4.69) is 30.0 Å². The van der Waals surface area contributed by atoms with Crippen molar-refractivity contribution in [2.45, 2.75) is 32.7 Å². The first kappa shape index (κ1) is 26.0. The second kappa shape index (κ2) is 11.1. The van der Waals surface area contributed by atoms with Crippen LogP contribution in [-0.2, 0) is 9.53 Å². The van der Waals surface area contributed by atoms with Gasteiger partial charge in [-0.05, 0) is 61.6 Å². The molecule has 4 aromatic rings. The van der Waals surface area contributed by atoms with E-state index in [-0.39, 0.29) is 12.2 Å². The molecule has 1 fully saturated rings. The number of aryl methyl sites for hydroxylation is 1. The van der Waals surface area contributed by atoms with Gasteiger partial charge in [0, 0.05) is 24.3 Å². The Morgan fingerprint density at radius 2 is 1.73 bits per heavy atom. The van der Waals surface area contributed by atoms with E-state index in [0.717, 1.165) is 29.8 Å². The third-order valence-corrected chi connectivity index (χ3v) is 8.44. The van der Waals surface area contributed by atoms with Crippen molar-refractivity contribution in [3.05, 3.63) is 126 Å². The van der Waals surface area contributed by atoms with Crippen LogP contribution in [0.5, 0.6) is 0 Å².